The van der Waals surface area contributed by atoms with Crippen molar-refractivity contribution in [3.8, 4) is 0 Å². The van der Waals surface area contributed by atoms with Gasteiger partial charge in [0, 0.05) is 0 Å². The van der Waals surface area contributed by atoms with Gasteiger partial charge in [-0.25, -0.2) is 4.98 Å². The molecule has 1 aromatic heterocycles. The predicted octanol–water partition coefficient (Wildman–Crippen LogP) is 3.95. The normalized spacial score (nSPS) is 10.9. The van der Waals surface area contributed by atoms with Gasteiger partial charge in [-0.2, -0.15) is 0 Å². The Morgan fingerprint density at radius 1 is 1.40 bits per heavy atom. The van der Waals surface area contributed by atoms with E-state index in [9.17, 15) is 0 Å². The smallest absolute Gasteiger partial charge is 0.0908 e. The van der Waals surface area contributed by atoms with Gasteiger partial charge in [-0.05, 0) is 43.9 Å². The summed E-state index contributed by atoms with van der Waals surface area (Å²) in [6.07, 6.45) is 2.89. The van der Waals surface area contributed by atoms with Crippen LogP contribution < -0.4 is 0 Å². The summed E-state index contributed by atoms with van der Waals surface area (Å²) >= 11 is 1.78. The minimum atomic E-state index is 0.930. The van der Waals surface area contributed by atoms with E-state index in [1.54, 1.807) is 11.3 Å². The van der Waals surface area contributed by atoms with E-state index in [1.165, 1.54) is 26.9 Å². The molecular formula is C13H15NS. The number of fused-ring (bicyclic) bond motifs is 1. The highest BCUT2D eigenvalue weighted by Crippen LogP contribution is 2.30. The standard InChI is InChI=1S/C13H15NS/c1-5-6-11-7-8(2)9(3)12-13(11)15-10(4)14-12/h5,7H,1,6H2,2-4H3. The monoisotopic (exact) mass is 217 g/mol. The summed E-state index contributed by atoms with van der Waals surface area (Å²) in [4.78, 5) is 4.60. The number of hydrogen-bond donors (Lipinski definition) is 0. The van der Waals surface area contributed by atoms with Gasteiger partial charge in [0.1, 0.15) is 0 Å². The van der Waals surface area contributed by atoms with E-state index < -0.39 is 0 Å². The van der Waals surface area contributed by atoms with Gasteiger partial charge in [0.2, 0.25) is 0 Å². The van der Waals surface area contributed by atoms with Crippen LogP contribution in [0.5, 0.6) is 0 Å². The maximum absolute atomic E-state index is 4.60. The van der Waals surface area contributed by atoms with Crippen LogP contribution in [-0.4, -0.2) is 4.98 Å². The number of nitrogens with zero attached hydrogens (tertiary/aromatic N) is 1. The van der Waals surface area contributed by atoms with Crippen molar-refractivity contribution in [3.63, 3.8) is 0 Å². The lowest BCUT2D eigenvalue weighted by Gasteiger charge is -2.05. The van der Waals surface area contributed by atoms with Gasteiger partial charge in [0.25, 0.3) is 0 Å². The van der Waals surface area contributed by atoms with Gasteiger partial charge in [0.05, 0.1) is 15.2 Å². The van der Waals surface area contributed by atoms with Crippen molar-refractivity contribution >= 4 is 21.6 Å². The first-order chi connectivity index (χ1) is 7.13. The highest BCUT2D eigenvalue weighted by Gasteiger charge is 2.10. The van der Waals surface area contributed by atoms with E-state index in [0.717, 1.165) is 11.4 Å². The van der Waals surface area contributed by atoms with E-state index >= 15 is 0 Å². The Morgan fingerprint density at radius 2 is 2.13 bits per heavy atom. The number of benzene rings is 1. The van der Waals surface area contributed by atoms with E-state index in [1.807, 2.05) is 6.08 Å². The Kier molecular flexibility index (Phi) is 2.61. The molecule has 78 valence electrons. The van der Waals surface area contributed by atoms with Crippen LogP contribution in [0, 0.1) is 20.8 Å². The fourth-order valence-corrected chi connectivity index (χ4v) is 2.83. The first-order valence-corrected chi connectivity index (χ1v) is 5.92. The molecule has 1 aromatic carbocycles. The van der Waals surface area contributed by atoms with Gasteiger partial charge in [0.15, 0.2) is 0 Å². The van der Waals surface area contributed by atoms with Crippen molar-refractivity contribution in [1.29, 1.82) is 0 Å². The number of thiazole rings is 1. The maximum Gasteiger partial charge on any atom is 0.0908 e. The summed E-state index contributed by atoms with van der Waals surface area (Å²) in [5, 5.41) is 1.14. The lowest BCUT2D eigenvalue weighted by molar-refractivity contribution is 1.25. The third-order valence-electron chi connectivity index (χ3n) is 2.73. The average Bonchev–Trinajstić information content (AvgIpc) is 2.57. The summed E-state index contributed by atoms with van der Waals surface area (Å²) in [6.45, 7) is 10.2. The Morgan fingerprint density at radius 3 is 2.80 bits per heavy atom. The molecule has 0 N–H and O–H groups in total. The molecule has 2 heteroatoms. The lowest BCUT2D eigenvalue weighted by atomic mass is 10.0. The summed E-state index contributed by atoms with van der Waals surface area (Å²) < 4.78 is 1.33. The summed E-state index contributed by atoms with van der Waals surface area (Å²) in [5.41, 5.74) is 5.16. The number of hydrogen-bond acceptors (Lipinski definition) is 2. The molecule has 0 atom stereocenters. The third-order valence-corrected chi connectivity index (χ3v) is 3.77. The molecule has 0 saturated heterocycles. The molecule has 0 aliphatic rings. The van der Waals surface area contributed by atoms with E-state index in [4.69, 9.17) is 0 Å². The number of aryl methyl sites for hydroxylation is 3. The molecule has 0 saturated carbocycles. The third kappa shape index (κ3) is 1.70. The molecule has 0 spiro atoms. The topological polar surface area (TPSA) is 12.9 Å². The molecule has 0 amide bonds. The summed E-state index contributed by atoms with van der Waals surface area (Å²) in [5.74, 6) is 0. The molecule has 2 rings (SSSR count). The van der Waals surface area contributed by atoms with Gasteiger partial charge in [-0.15, -0.1) is 17.9 Å². The Bertz CT molecular complexity index is 523. The Hall–Kier alpha value is -1.15. The van der Waals surface area contributed by atoms with E-state index in [2.05, 4.69) is 38.4 Å². The van der Waals surface area contributed by atoms with Crippen molar-refractivity contribution in [2.75, 3.05) is 0 Å². The largest absolute Gasteiger partial charge is 0.241 e. The average molecular weight is 217 g/mol. The van der Waals surface area contributed by atoms with Crippen LogP contribution in [0.25, 0.3) is 10.2 Å². The van der Waals surface area contributed by atoms with Crippen LogP contribution >= 0.6 is 11.3 Å². The predicted molar refractivity (Wildman–Crippen MR) is 67.7 cm³/mol. The molecule has 0 bridgehead atoms. The molecule has 1 nitrogen and oxygen atoms in total. The van der Waals surface area contributed by atoms with E-state index in [-0.39, 0.29) is 0 Å². The van der Waals surface area contributed by atoms with Crippen LogP contribution in [0.15, 0.2) is 18.7 Å². The van der Waals surface area contributed by atoms with Crippen LogP contribution in [0.2, 0.25) is 0 Å². The minimum absolute atomic E-state index is 0.930. The minimum Gasteiger partial charge on any atom is -0.241 e. The molecule has 0 aliphatic carbocycles. The highest BCUT2D eigenvalue weighted by atomic mass is 32.1. The second-order valence-corrected chi connectivity index (χ2v) is 5.08. The van der Waals surface area contributed by atoms with Crippen molar-refractivity contribution in [2.24, 2.45) is 0 Å². The SMILES string of the molecule is C=CCc1cc(C)c(C)c2nc(C)sc12. The van der Waals surface area contributed by atoms with Gasteiger partial charge < -0.3 is 0 Å². The van der Waals surface area contributed by atoms with Gasteiger partial charge in [-0.1, -0.05) is 12.1 Å². The van der Waals surface area contributed by atoms with Crippen molar-refractivity contribution < 1.29 is 0 Å². The summed E-state index contributed by atoms with van der Waals surface area (Å²) in [6, 6.07) is 2.26. The fourth-order valence-electron chi connectivity index (χ4n) is 1.83. The molecule has 15 heavy (non-hydrogen) atoms. The number of rotatable bonds is 2. The first-order valence-electron chi connectivity index (χ1n) is 5.10. The first kappa shape index (κ1) is 10.4. The summed E-state index contributed by atoms with van der Waals surface area (Å²) in [7, 11) is 0. The molecular weight excluding hydrogens is 202 g/mol. The zero-order valence-corrected chi connectivity index (χ0v) is 10.2. The quantitative estimate of drug-likeness (QED) is 0.694. The van der Waals surface area contributed by atoms with Crippen LogP contribution in [0.4, 0.5) is 0 Å². The molecule has 2 aromatic rings. The number of allylic oxidation sites excluding steroid dienone is 1. The lowest BCUT2D eigenvalue weighted by Crippen LogP contribution is -1.89. The van der Waals surface area contributed by atoms with Crippen molar-refractivity contribution in [1.82, 2.24) is 4.98 Å². The highest BCUT2D eigenvalue weighted by molar-refractivity contribution is 7.18. The number of aromatic nitrogens is 1. The van der Waals surface area contributed by atoms with E-state index in [0.29, 0.717) is 0 Å². The second-order valence-electron chi connectivity index (χ2n) is 3.88. The van der Waals surface area contributed by atoms with Crippen LogP contribution in [0.3, 0.4) is 0 Å². The Balaban J connectivity index is 2.80. The van der Waals surface area contributed by atoms with Gasteiger partial charge >= 0.3 is 0 Å². The van der Waals surface area contributed by atoms with Crippen LogP contribution in [0.1, 0.15) is 21.7 Å². The molecule has 0 unspecified atom stereocenters. The zero-order valence-electron chi connectivity index (χ0n) is 9.42. The fraction of sp³-hybridized carbons (Fsp3) is 0.308. The zero-order chi connectivity index (χ0) is 11.0. The van der Waals surface area contributed by atoms with Gasteiger partial charge in [-0.3, -0.25) is 0 Å². The molecule has 0 radical (unpaired) electrons. The Labute approximate surface area is 94.5 Å². The molecule has 1 heterocycles. The molecule has 0 fully saturated rings. The van der Waals surface area contributed by atoms with Crippen LogP contribution in [-0.2, 0) is 6.42 Å². The molecule has 0 aliphatic heterocycles. The maximum atomic E-state index is 4.60. The van der Waals surface area contributed by atoms with Crippen molar-refractivity contribution in [3.05, 3.63) is 40.4 Å². The van der Waals surface area contributed by atoms with Crippen molar-refractivity contribution in [2.45, 2.75) is 27.2 Å². The second kappa shape index (κ2) is 3.78.